The number of hydrogen-bond donors (Lipinski definition) is 0. The van der Waals surface area contributed by atoms with E-state index in [2.05, 4.69) is 11.1 Å². The van der Waals surface area contributed by atoms with E-state index < -0.39 is 11.6 Å². The summed E-state index contributed by atoms with van der Waals surface area (Å²) in [5.41, 5.74) is 0. The van der Waals surface area contributed by atoms with Crippen molar-refractivity contribution in [2.75, 3.05) is 0 Å². The molecular weight excluding hydrogens is 200 g/mol. The molecule has 1 aromatic heterocycles. The molecular formula is C11H6F2NO. The Hall–Kier alpha value is -1.97. The van der Waals surface area contributed by atoms with Crippen LogP contribution < -0.4 is 4.74 Å². The van der Waals surface area contributed by atoms with Crippen LogP contribution in [0.2, 0.25) is 0 Å². The van der Waals surface area contributed by atoms with E-state index in [0.29, 0.717) is 5.75 Å². The first-order chi connectivity index (χ1) is 7.24. The summed E-state index contributed by atoms with van der Waals surface area (Å²) < 4.78 is 30.7. The number of aromatic nitrogens is 1. The number of benzene rings is 1. The summed E-state index contributed by atoms with van der Waals surface area (Å²) in [6.07, 6.45) is 2.89. The van der Waals surface area contributed by atoms with E-state index in [-0.39, 0.29) is 5.75 Å². The predicted octanol–water partition coefficient (Wildman–Crippen LogP) is 2.95. The molecule has 15 heavy (non-hydrogen) atoms. The van der Waals surface area contributed by atoms with Gasteiger partial charge in [0.15, 0.2) is 0 Å². The zero-order valence-corrected chi connectivity index (χ0v) is 7.58. The van der Waals surface area contributed by atoms with Crippen molar-refractivity contribution in [3.63, 3.8) is 0 Å². The third kappa shape index (κ3) is 2.49. The van der Waals surface area contributed by atoms with Gasteiger partial charge < -0.3 is 4.74 Å². The minimum Gasteiger partial charge on any atom is -0.456 e. The molecule has 0 bridgehead atoms. The first kappa shape index (κ1) is 9.58. The summed E-state index contributed by atoms with van der Waals surface area (Å²) in [6.45, 7) is 0. The molecule has 2 aromatic rings. The molecule has 0 atom stereocenters. The van der Waals surface area contributed by atoms with E-state index in [9.17, 15) is 8.78 Å². The lowest BCUT2D eigenvalue weighted by atomic mass is 10.3. The molecule has 2 rings (SSSR count). The maximum absolute atomic E-state index is 12.8. The summed E-state index contributed by atoms with van der Waals surface area (Å²) in [6, 6.07) is 7.18. The molecule has 2 nitrogen and oxygen atoms in total. The molecule has 1 radical (unpaired) electrons. The van der Waals surface area contributed by atoms with Crippen molar-refractivity contribution in [2.45, 2.75) is 0 Å². The minimum absolute atomic E-state index is 0.0916. The fourth-order valence-electron chi connectivity index (χ4n) is 1.09. The number of pyridine rings is 1. The second-order valence-electron chi connectivity index (χ2n) is 2.83. The van der Waals surface area contributed by atoms with Crippen molar-refractivity contribution in [3.8, 4) is 11.5 Å². The number of rotatable bonds is 2. The standard InChI is InChI=1S/C11H6F2NO/c12-8-4-9(13)6-11(5-8)15-10-2-1-3-14-7-10/h2-7H. The normalized spacial score (nSPS) is 10.0. The fraction of sp³-hybridized carbons (Fsp3) is 0. The summed E-state index contributed by atoms with van der Waals surface area (Å²) in [7, 11) is 0. The van der Waals surface area contributed by atoms with Crippen LogP contribution >= 0.6 is 0 Å². The molecule has 1 aromatic carbocycles. The third-order valence-electron chi connectivity index (χ3n) is 1.65. The van der Waals surface area contributed by atoms with Crippen LogP contribution in [0.25, 0.3) is 0 Å². The lowest BCUT2D eigenvalue weighted by Crippen LogP contribution is -1.87. The number of nitrogens with zero attached hydrogens (tertiary/aromatic N) is 1. The first-order valence-electron chi connectivity index (χ1n) is 4.19. The van der Waals surface area contributed by atoms with Crippen LogP contribution in [0, 0.1) is 17.7 Å². The van der Waals surface area contributed by atoms with Crippen molar-refractivity contribution in [3.05, 3.63) is 54.4 Å². The second-order valence-corrected chi connectivity index (χ2v) is 2.83. The van der Waals surface area contributed by atoms with E-state index in [0.717, 1.165) is 18.2 Å². The maximum Gasteiger partial charge on any atom is 0.146 e. The molecule has 0 aliphatic carbocycles. The highest BCUT2D eigenvalue weighted by Crippen LogP contribution is 2.21. The van der Waals surface area contributed by atoms with Crippen LogP contribution in [0.4, 0.5) is 8.78 Å². The molecule has 0 aliphatic heterocycles. The number of hydrogen-bond acceptors (Lipinski definition) is 2. The average molecular weight is 206 g/mol. The van der Waals surface area contributed by atoms with Gasteiger partial charge in [0.05, 0.1) is 6.20 Å². The molecule has 0 unspecified atom stereocenters. The van der Waals surface area contributed by atoms with Crippen LogP contribution in [0.15, 0.2) is 36.7 Å². The molecule has 0 saturated carbocycles. The van der Waals surface area contributed by atoms with Gasteiger partial charge in [0.25, 0.3) is 0 Å². The first-order valence-corrected chi connectivity index (χ1v) is 4.19. The van der Waals surface area contributed by atoms with Gasteiger partial charge in [0, 0.05) is 30.5 Å². The Morgan fingerprint density at radius 3 is 2.40 bits per heavy atom. The van der Waals surface area contributed by atoms with Crippen molar-refractivity contribution < 1.29 is 13.5 Å². The van der Waals surface area contributed by atoms with Gasteiger partial charge in [-0.25, -0.2) is 8.78 Å². The highest BCUT2D eigenvalue weighted by Gasteiger charge is 2.02. The number of ether oxygens (including phenoxy) is 1. The van der Waals surface area contributed by atoms with Crippen LogP contribution in [-0.4, -0.2) is 4.98 Å². The monoisotopic (exact) mass is 206 g/mol. The van der Waals surface area contributed by atoms with Crippen molar-refractivity contribution >= 4 is 0 Å². The van der Waals surface area contributed by atoms with Gasteiger partial charge in [-0.2, -0.15) is 0 Å². The van der Waals surface area contributed by atoms with Gasteiger partial charge in [-0.1, -0.05) is 0 Å². The van der Waals surface area contributed by atoms with Gasteiger partial charge >= 0.3 is 0 Å². The number of halogens is 2. The van der Waals surface area contributed by atoms with Crippen molar-refractivity contribution in [1.82, 2.24) is 4.98 Å². The summed E-state index contributed by atoms with van der Waals surface area (Å²) in [5, 5.41) is 0. The lowest BCUT2D eigenvalue weighted by Gasteiger charge is -2.04. The molecule has 0 aliphatic rings. The molecule has 0 fully saturated rings. The lowest BCUT2D eigenvalue weighted by molar-refractivity contribution is 0.466. The van der Waals surface area contributed by atoms with Gasteiger partial charge in [-0.15, -0.1) is 0 Å². The molecule has 0 saturated heterocycles. The van der Waals surface area contributed by atoms with Crippen LogP contribution in [0.3, 0.4) is 0 Å². The predicted molar refractivity (Wildman–Crippen MR) is 49.5 cm³/mol. The Balaban J connectivity index is 2.25. The van der Waals surface area contributed by atoms with Crippen molar-refractivity contribution in [2.24, 2.45) is 0 Å². The molecule has 4 heteroatoms. The van der Waals surface area contributed by atoms with E-state index in [1.54, 1.807) is 0 Å². The fourth-order valence-corrected chi connectivity index (χ4v) is 1.09. The maximum atomic E-state index is 12.8. The molecule has 0 spiro atoms. The van der Waals surface area contributed by atoms with E-state index in [1.165, 1.54) is 18.5 Å². The van der Waals surface area contributed by atoms with Gasteiger partial charge in [-0.3, -0.25) is 4.98 Å². The SMILES string of the molecule is Fc1cc(F)cc(Oc2c[c]cnc2)c1. The highest BCUT2D eigenvalue weighted by atomic mass is 19.1. The van der Waals surface area contributed by atoms with Crippen LogP contribution in [0.1, 0.15) is 0 Å². The Kier molecular flexibility index (Phi) is 2.58. The zero-order chi connectivity index (χ0) is 10.7. The largest absolute Gasteiger partial charge is 0.456 e. The minimum atomic E-state index is -0.683. The smallest absolute Gasteiger partial charge is 0.146 e. The van der Waals surface area contributed by atoms with Crippen LogP contribution in [0.5, 0.6) is 11.5 Å². The molecule has 0 N–H and O–H groups in total. The average Bonchev–Trinajstić information content (AvgIpc) is 2.17. The van der Waals surface area contributed by atoms with Gasteiger partial charge in [-0.05, 0) is 6.07 Å². The van der Waals surface area contributed by atoms with Gasteiger partial charge in [0.2, 0.25) is 0 Å². The molecule has 75 valence electrons. The topological polar surface area (TPSA) is 22.1 Å². The van der Waals surface area contributed by atoms with E-state index >= 15 is 0 Å². The van der Waals surface area contributed by atoms with Gasteiger partial charge in [0.1, 0.15) is 23.1 Å². The third-order valence-corrected chi connectivity index (χ3v) is 1.65. The zero-order valence-electron chi connectivity index (χ0n) is 7.58. The Bertz CT molecular complexity index is 439. The highest BCUT2D eigenvalue weighted by molar-refractivity contribution is 5.29. The molecule has 1 heterocycles. The van der Waals surface area contributed by atoms with E-state index in [1.807, 2.05) is 0 Å². The summed E-state index contributed by atoms with van der Waals surface area (Å²) in [4.78, 5) is 3.76. The molecule has 0 amide bonds. The summed E-state index contributed by atoms with van der Waals surface area (Å²) in [5.74, 6) is -0.896. The van der Waals surface area contributed by atoms with Crippen LogP contribution in [-0.2, 0) is 0 Å². The quantitative estimate of drug-likeness (QED) is 0.753. The second kappa shape index (κ2) is 4.04. The van der Waals surface area contributed by atoms with Crippen molar-refractivity contribution in [1.29, 1.82) is 0 Å². The Morgan fingerprint density at radius 2 is 1.80 bits per heavy atom. The Morgan fingerprint density at radius 1 is 1.07 bits per heavy atom. The van der Waals surface area contributed by atoms with E-state index in [4.69, 9.17) is 4.74 Å². The Labute approximate surface area is 85.2 Å². The summed E-state index contributed by atoms with van der Waals surface area (Å²) >= 11 is 0.